The van der Waals surface area contributed by atoms with E-state index < -0.39 is 0 Å². The van der Waals surface area contributed by atoms with Gasteiger partial charge in [-0.05, 0) is 45.7 Å². The number of likely N-dealkylation sites (N-methyl/N-ethyl adjacent to an activating group) is 1. The molecular formula is C15H23N3O2. The van der Waals surface area contributed by atoms with Crippen LogP contribution in [0.5, 0.6) is 0 Å². The maximum absolute atomic E-state index is 12.6. The van der Waals surface area contributed by atoms with Gasteiger partial charge in [-0.2, -0.15) is 0 Å². The van der Waals surface area contributed by atoms with Crippen molar-refractivity contribution in [1.29, 1.82) is 0 Å². The van der Waals surface area contributed by atoms with Crippen LogP contribution in [0.15, 0.2) is 10.6 Å². The minimum absolute atomic E-state index is 0.0345. The first-order valence-corrected chi connectivity index (χ1v) is 7.69. The van der Waals surface area contributed by atoms with Gasteiger partial charge >= 0.3 is 0 Å². The van der Waals surface area contributed by atoms with Gasteiger partial charge in [0.25, 0.3) is 5.91 Å². The van der Waals surface area contributed by atoms with E-state index in [-0.39, 0.29) is 5.91 Å². The van der Waals surface area contributed by atoms with Crippen molar-refractivity contribution in [3.63, 3.8) is 0 Å². The number of likely N-dealkylation sites (tertiary alicyclic amines) is 2. The average molecular weight is 277 g/mol. The summed E-state index contributed by atoms with van der Waals surface area (Å²) in [6, 6.07) is 2.62. The molecule has 3 rings (SSSR count). The molecule has 0 aromatic carbocycles. The lowest BCUT2D eigenvalue weighted by molar-refractivity contribution is 0.0640. The summed E-state index contributed by atoms with van der Waals surface area (Å²) in [5, 5.41) is 3.88. The Morgan fingerprint density at radius 2 is 2.10 bits per heavy atom. The molecular weight excluding hydrogens is 254 g/mol. The van der Waals surface area contributed by atoms with Crippen LogP contribution in [-0.4, -0.2) is 52.6 Å². The molecule has 0 spiro atoms. The van der Waals surface area contributed by atoms with Crippen LogP contribution in [0, 0.1) is 6.92 Å². The number of aryl methyl sites for hydroxylation is 1. The molecule has 2 aliphatic rings. The Hall–Kier alpha value is -1.36. The number of nitrogens with zero attached hydrogens (tertiary/aromatic N) is 3. The smallest absolute Gasteiger partial charge is 0.276 e. The highest BCUT2D eigenvalue weighted by atomic mass is 16.5. The van der Waals surface area contributed by atoms with Crippen LogP contribution in [0.25, 0.3) is 0 Å². The molecule has 0 aliphatic carbocycles. The number of hydrogen-bond acceptors (Lipinski definition) is 4. The highest BCUT2D eigenvalue weighted by Gasteiger charge is 2.39. The van der Waals surface area contributed by atoms with Crippen molar-refractivity contribution in [1.82, 2.24) is 15.0 Å². The summed E-state index contributed by atoms with van der Waals surface area (Å²) in [7, 11) is 0. The fourth-order valence-corrected chi connectivity index (χ4v) is 3.74. The van der Waals surface area contributed by atoms with Crippen LogP contribution in [0.3, 0.4) is 0 Å². The summed E-state index contributed by atoms with van der Waals surface area (Å²) in [6.45, 7) is 7.12. The molecule has 20 heavy (non-hydrogen) atoms. The number of aromatic nitrogens is 1. The lowest BCUT2D eigenvalue weighted by atomic mass is 10.0. The van der Waals surface area contributed by atoms with Crippen LogP contribution >= 0.6 is 0 Å². The van der Waals surface area contributed by atoms with Gasteiger partial charge in [-0.25, -0.2) is 0 Å². The van der Waals surface area contributed by atoms with E-state index in [4.69, 9.17) is 4.52 Å². The van der Waals surface area contributed by atoms with Gasteiger partial charge in [0.2, 0.25) is 0 Å². The predicted octanol–water partition coefficient (Wildman–Crippen LogP) is 2.07. The third-order valence-electron chi connectivity index (χ3n) is 4.67. The standard InChI is InChI=1S/C15H23N3O2/c1-3-17-8-4-6-13(17)14-7-5-9-18(14)15(19)12-10-11(2)20-16-12/h10,13-14H,3-9H2,1-2H3. The Bertz CT molecular complexity index is 485. The lowest BCUT2D eigenvalue weighted by Gasteiger charge is -2.34. The Morgan fingerprint density at radius 3 is 2.80 bits per heavy atom. The topological polar surface area (TPSA) is 49.6 Å². The highest BCUT2D eigenvalue weighted by Crippen LogP contribution is 2.30. The maximum atomic E-state index is 12.6. The van der Waals surface area contributed by atoms with Gasteiger partial charge in [-0.15, -0.1) is 0 Å². The minimum Gasteiger partial charge on any atom is -0.361 e. The van der Waals surface area contributed by atoms with E-state index in [1.807, 2.05) is 11.8 Å². The van der Waals surface area contributed by atoms with Crippen LogP contribution in [0.1, 0.15) is 48.9 Å². The molecule has 0 bridgehead atoms. The number of carbonyl (C=O) groups excluding carboxylic acids is 1. The van der Waals surface area contributed by atoms with Crippen molar-refractivity contribution in [3.8, 4) is 0 Å². The first kappa shape index (κ1) is 13.6. The van der Waals surface area contributed by atoms with Gasteiger partial charge in [0.15, 0.2) is 5.69 Å². The quantitative estimate of drug-likeness (QED) is 0.848. The number of rotatable bonds is 3. The SMILES string of the molecule is CCN1CCCC1C1CCCN1C(=O)c1cc(C)on1. The summed E-state index contributed by atoms with van der Waals surface area (Å²) in [5.74, 6) is 0.729. The Kier molecular flexibility index (Phi) is 3.78. The first-order valence-electron chi connectivity index (χ1n) is 7.69. The van der Waals surface area contributed by atoms with Crippen molar-refractivity contribution >= 4 is 5.91 Å². The molecule has 2 fully saturated rings. The largest absolute Gasteiger partial charge is 0.361 e. The molecule has 0 N–H and O–H groups in total. The van der Waals surface area contributed by atoms with E-state index in [1.165, 1.54) is 19.4 Å². The number of amides is 1. The number of carbonyl (C=O) groups is 1. The van der Waals surface area contributed by atoms with Crippen LogP contribution in [0.2, 0.25) is 0 Å². The van der Waals surface area contributed by atoms with E-state index in [0.29, 0.717) is 23.5 Å². The highest BCUT2D eigenvalue weighted by molar-refractivity contribution is 5.92. The lowest BCUT2D eigenvalue weighted by Crippen LogP contribution is -2.48. The van der Waals surface area contributed by atoms with Crippen molar-refractivity contribution in [2.45, 2.75) is 51.6 Å². The van der Waals surface area contributed by atoms with Crippen molar-refractivity contribution < 1.29 is 9.32 Å². The molecule has 1 amide bonds. The number of hydrogen-bond donors (Lipinski definition) is 0. The molecule has 2 saturated heterocycles. The molecule has 1 aromatic rings. The van der Waals surface area contributed by atoms with E-state index in [1.54, 1.807) is 6.07 Å². The van der Waals surface area contributed by atoms with Gasteiger partial charge in [-0.3, -0.25) is 9.69 Å². The molecule has 2 atom stereocenters. The minimum atomic E-state index is 0.0345. The molecule has 0 radical (unpaired) electrons. The third kappa shape index (κ3) is 2.35. The summed E-state index contributed by atoms with van der Waals surface area (Å²) < 4.78 is 5.04. The van der Waals surface area contributed by atoms with Crippen LogP contribution in [-0.2, 0) is 0 Å². The molecule has 2 unspecified atom stereocenters. The summed E-state index contributed by atoms with van der Waals surface area (Å²) in [6.07, 6.45) is 4.67. The third-order valence-corrected chi connectivity index (χ3v) is 4.67. The average Bonchev–Trinajstić information content (AvgIpc) is 3.16. The second-order valence-corrected chi connectivity index (χ2v) is 5.87. The van der Waals surface area contributed by atoms with Gasteiger partial charge < -0.3 is 9.42 Å². The van der Waals surface area contributed by atoms with E-state index >= 15 is 0 Å². The monoisotopic (exact) mass is 277 g/mol. The second-order valence-electron chi connectivity index (χ2n) is 5.87. The van der Waals surface area contributed by atoms with Crippen LogP contribution < -0.4 is 0 Å². The Morgan fingerprint density at radius 1 is 1.35 bits per heavy atom. The van der Waals surface area contributed by atoms with Gasteiger partial charge in [-0.1, -0.05) is 12.1 Å². The van der Waals surface area contributed by atoms with E-state index in [2.05, 4.69) is 17.0 Å². The summed E-state index contributed by atoms with van der Waals surface area (Å²) >= 11 is 0. The van der Waals surface area contributed by atoms with Crippen molar-refractivity contribution in [3.05, 3.63) is 17.5 Å². The molecule has 2 aliphatic heterocycles. The van der Waals surface area contributed by atoms with Crippen molar-refractivity contribution in [2.24, 2.45) is 0 Å². The zero-order valence-corrected chi connectivity index (χ0v) is 12.3. The Balaban J connectivity index is 1.77. The predicted molar refractivity (Wildman–Crippen MR) is 75.6 cm³/mol. The fraction of sp³-hybridized carbons (Fsp3) is 0.733. The van der Waals surface area contributed by atoms with Gasteiger partial charge in [0.1, 0.15) is 5.76 Å². The fourth-order valence-electron chi connectivity index (χ4n) is 3.74. The molecule has 0 saturated carbocycles. The summed E-state index contributed by atoms with van der Waals surface area (Å²) in [4.78, 5) is 17.1. The molecule has 110 valence electrons. The zero-order valence-electron chi connectivity index (χ0n) is 12.3. The van der Waals surface area contributed by atoms with Gasteiger partial charge in [0, 0.05) is 24.7 Å². The van der Waals surface area contributed by atoms with Crippen LogP contribution in [0.4, 0.5) is 0 Å². The molecule has 1 aromatic heterocycles. The molecule has 5 heteroatoms. The maximum Gasteiger partial charge on any atom is 0.276 e. The van der Waals surface area contributed by atoms with E-state index in [9.17, 15) is 4.79 Å². The van der Waals surface area contributed by atoms with Gasteiger partial charge in [0.05, 0.1) is 0 Å². The summed E-state index contributed by atoms with van der Waals surface area (Å²) in [5.41, 5.74) is 0.454. The zero-order chi connectivity index (χ0) is 14.1. The van der Waals surface area contributed by atoms with Crippen molar-refractivity contribution in [2.75, 3.05) is 19.6 Å². The molecule has 5 nitrogen and oxygen atoms in total. The molecule has 3 heterocycles. The normalized spacial score (nSPS) is 27.4. The first-order chi connectivity index (χ1) is 9.70. The second kappa shape index (κ2) is 5.56. The van der Waals surface area contributed by atoms with E-state index in [0.717, 1.165) is 25.9 Å². The Labute approximate surface area is 119 Å².